The molecule has 0 saturated heterocycles. The lowest BCUT2D eigenvalue weighted by Crippen LogP contribution is -2.34. The number of Topliss-reactive ketones (excluding diaryl/α,β-unsaturated/α-hetero) is 1. The van der Waals surface area contributed by atoms with Crippen molar-refractivity contribution in [3.8, 4) is 23.7 Å². The highest BCUT2D eigenvalue weighted by molar-refractivity contribution is 5.98. The van der Waals surface area contributed by atoms with Crippen molar-refractivity contribution in [2.45, 2.75) is 25.7 Å². The molecule has 4 aromatic rings. The van der Waals surface area contributed by atoms with Crippen LogP contribution in [0.15, 0.2) is 97.1 Å². The Balaban J connectivity index is 0.000000158. The molecule has 3 nitrogen and oxygen atoms in total. The van der Waals surface area contributed by atoms with E-state index in [0.717, 1.165) is 70.3 Å². The van der Waals surface area contributed by atoms with E-state index < -0.39 is 0 Å². The summed E-state index contributed by atoms with van der Waals surface area (Å²) < 4.78 is 0. The Labute approximate surface area is 230 Å². The molecule has 0 atom stereocenters. The molecule has 0 N–H and O–H groups in total. The van der Waals surface area contributed by atoms with Gasteiger partial charge in [-0.2, -0.15) is 0 Å². The molecule has 0 saturated carbocycles. The van der Waals surface area contributed by atoms with E-state index >= 15 is 0 Å². The summed E-state index contributed by atoms with van der Waals surface area (Å²) in [6.07, 6.45) is 3.53. The quantitative estimate of drug-likeness (QED) is 0.261. The Morgan fingerprint density at radius 3 is 1.67 bits per heavy atom. The van der Waals surface area contributed by atoms with Gasteiger partial charge in [0.15, 0.2) is 5.78 Å². The molecule has 1 aliphatic heterocycles. The molecule has 4 aromatic carbocycles. The number of carbonyl (C=O) groups excluding carboxylic acids is 2. The number of hydrogen-bond acceptors (Lipinski definition) is 2. The summed E-state index contributed by atoms with van der Waals surface area (Å²) in [4.78, 5) is 25.5. The van der Waals surface area contributed by atoms with Gasteiger partial charge in [-0.3, -0.25) is 9.59 Å². The van der Waals surface area contributed by atoms with Gasteiger partial charge in [0.2, 0.25) is 0 Å². The number of likely N-dealkylation sites (N-methyl/N-ethyl adjacent to an activating group) is 1. The fraction of sp³-hybridized carbons (Fsp3) is 0.167. The molecule has 6 rings (SSSR count). The zero-order chi connectivity index (χ0) is 27.0. The van der Waals surface area contributed by atoms with Crippen molar-refractivity contribution in [3.05, 3.63) is 142 Å². The molecule has 190 valence electrons. The number of rotatable bonds is 0. The minimum atomic E-state index is 0.105. The Hall–Kier alpha value is -4.86. The first-order chi connectivity index (χ1) is 19.1. The fourth-order valence-corrected chi connectivity index (χ4v) is 4.74. The van der Waals surface area contributed by atoms with Crippen LogP contribution in [-0.4, -0.2) is 30.2 Å². The van der Waals surface area contributed by atoms with Crippen LogP contribution in [-0.2, 0) is 12.8 Å². The van der Waals surface area contributed by atoms with Crippen molar-refractivity contribution >= 4 is 11.7 Å². The first-order valence-electron chi connectivity index (χ1n) is 13.3. The predicted molar refractivity (Wildman–Crippen MR) is 156 cm³/mol. The van der Waals surface area contributed by atoms with E-state index in [-0.39, 0.29) is 11.7 Å². The first-order valence-corrected chi connectivity index (χ1v) is 13.3. The zero-order valence-corrected chi connectivity index (χ0v) is 22.0. The van der Waals surface area contributed by atoms with E-state index in [1.165, 1.54) is 0 Å². The molecule has 0 radical (unpaired) electrons. The van der Waals surface area contributed by atoms with Crippen LogP contribution in [0.2, 0.25) is 0 Å². The van der Waals surface area contributed by atoms with Gasteiger partial charge < -0.3 is 4.90 Å². The van der Waals surface area contributed by atoms with E-state index in [1.54, 1.807) is 4.90 Å². The maximum Gasteiger partial charge on any atom is 0.253 e. The summed E-state index contributed by atoms with van der Waals surface area (Å²) in [7, 11) is 1.84. The second-order valence-corrected chi connectivity index (χ2v) is 9.73. The highest BCUT2D eigenvalue weighted by Crippen LogP contribution is 2.22. The minimum Gasteiger partial charge on any atom is -0.341 e. The number of ketones is 1. The van der Waals surface area contributed by atoms with Crippen LogP contribution in [0.1, 0.15) is 66.9 Å². The zero-order valence-electron chi connectivity index (χ0n) is 22.0. The number of amides is 1. The second kappa shape index (κ2) is 12.1. The highest BCUT2D eigenvalue weighted by Gasteiger charge is 2.21. The Morgan fingerprint density at radius 1 is 0.564 bits per heavy atom. The van der Waals surface area contributed by atoms with E-state index in [1.807, 2.05) is 98.0 Å². The van der Waals surface area contributed by atoms with Crippen LogP contribution in [0.5, 0.6) is 0 Å². The Morgan fingerprint density at radius 2 is 1.08 bits per heavy atom. The van der Waals surface area contributed by atoms with Crippen LogP contribution in [0.3, 0.4) is 0 Å². The van der Waals surface area contributed by atoms with E-state index in [9.17, 15) is 9.59 Å². The lowest BCUT2D eigenvalue weighted by Gasteiger charge is -2.24. The highest BCUT2D eigenvalue weighted by atomic mass is 16.2. The number of nitrogens with zero attached hydrogens (tertiary/aromatic N) is 1. The van der Waals surface area contributed by atoms with Gasteiger partial charge in [-0.1, -0.05) is 60.1 Å². The fourth-order valence-electron chi connectivity index (χ4n) is 4.74. The van der Waals surface area contributed by atoms with Gasteiger partial charge in [0.25, 0.3) is 5.91 Å². The molecular weight excluding hydrogens is 478 g/mol. The van der Waals surface area contributed by atoms with Crippen LogP contribution >= 0.6 is 0 Å². The standard InChI is InChI=1S/C18H15NO.C18H14O/c1-19-12-11-16-13-15(9-10-17(16)18(19)20)8-7-14-5-3-2-4-6-14;19-18-8-4-7-16-13-15(11-12-17(16)18)10-9-14-5-2-1-3-6-14/h2-6,9-10,13H,11-12H2,1H3;1-3,5-6,11-13H,4,7-8H2. The number of fused-ring (bicyclic) bond motifs is 2. The SMILES string of the molecule is CN1CCc2cc(C#Cc3ccccc3)ccc2C1=O.O=C1CCCc2cc(C#Cc3ccccc3)ccc21. The van der Waals surface area contributed by atoms with Gasteiger partial charge in [0.1, 0.15) is 0 Å². The molecule has 0 bridgehead atoms. The molecule has 0 fully saturated rings. The lowest BCUT2D eigenvalue weighted by molar-refractivity contribution is 0.0780. The molecule has 3 heteroatoms. The molecule has 0 unspecified atom stereocenters. The third-order valence-corrected chi connectivity index (χ3v) is 6.90. The third-order valence-electron chi connectivity index (χ3n) is 6.90. The molecule has 1 amide bonds. The maximum absolute atomic E-state index is 12.0. The molecule has 39 heavy (non-hydrogen) atoms. The predicted octanol–water partition coefficient (Wildman–Crippen LogP) is 6.32. The van der Waals surface area contributed by atoms with Crippen molar-refractivity contribution in [2.24, 2.45) is 0 Å². The van der Waals surface area contributed by atoms with Gasteiger partial charge in [-0.05, 0) is 91.1 Å². The number of aryl methyl sites for hydroxylation is 1. The summed E-state index contributed by atoms with van der Waals surface area (Å²) >= 11 is 0. The van der Waals surface area contributed by atoms with Crippen molar-refractivity contribution in [3.63, 3.8) is 0 Å². The normalized spacial score (nSPS) is 13.4. The first kappa shape index (κ1) is 25.8. The van der Waals surface area contributed by atoms with Crippen molar-refractivity contribution in [1.29, 1.82) is 0 Å². The molecule has 2 aliphatic rings. The number of hydrogen-bond donors (Lipinski definition) is 0. The smallest absolute Gasteiger partial charge is 0.253 e. The minimum absolute atomic E-state index is 0.105. The summed E-state index contributed by atoms with van der Waals surface area (Å²) in [5, 5.41) is 0. The summed E-state index contributed by atoms with van der Waals surface area (Å²) in [6.45, 7) is 0.779. The van der Waals surface area contributed by atoms with Gasteiger partial charge in [-0.15, -0.1) is 0 Å². The maximum atomic E-state index is 12.0. The van der Waals surface area contributed by atoms with Gasteiger partial charge in [-0.25, -0.2) is 0 Å². The van der Waals surface area contributed by atoms with E-state index in [2.05, 4.69) is 29.7 Å². The molecule has 0 aromatic heterocycles. The second-order valence-electron chi connectivity index (χ2n) is 9.73. The summed E-state index contributed by atoms with van der Waals surface area (Å²) in [5.41, 5.74) is 7.91. The van der Waals surface area contributed by atoms with E-state index in [0.29, 0.717) is 6.42 Å². The average molecular weight is 508 g/mol. The Kier molecular flexibility index (Phi) is 8.01. The van der Waals surface area contributed by atoms with Crippen molar-refractivity contribution in [2.75, 3.05) is 13.6 Å². The van der Waals surface area contributed by atoms with Crippen LogP contribution in [0.4, 0.5) is 0 Å². The topological polar surface area (TPSA) is 37.4 Å². The Bertz CT molecular complexity index is 1630. The van der Waals surface area contributed by atoms with Gasteiger partial charge in [0.05, 0.1) is 0 Å². The lowest BCUT2D eigenvalue weighted by atomic mass is 9.89. The molecule has 0 spiro atoms. The molecule has 1 aliphatic carbocycles. The van der Waals surface area contributed by atoms with Crippen LogP contribution in [0, 0.1) is 23.7 Å². The third kappa shape index (κ3) is 6.53. The average Bonchev–Trinajstić information content (AvgIpc) is 2.98. The molecular formula is C36H29NO2. The van der Waals surface area contributed by atoms with Crippen LogP contribution < -0.4 is 0 Å². The molecule has 1 heterocycles. The van der Waals surface area contributed by atoms with E-state index in [4.69, 9.17) is 0 Å². The summed E-state index contributed by atoms with van der Waals surface area (Å²) in [5.74, 6) is 13.0. The number of carbonyl (C=O) groups is 2. The van der Waals surface area contributed by atoms with Gasteiger partial charge >= 0.3 is 0 Å². The monoisotopic (exact) mass is 507 g/mol. The summed E-state index contributed by atoms with van der Waals surface area (Å²) in [6, 6.07) is 31.6. The largest absolute Gasteiger partial charge is 0.341 e. The van der Waals surface area contributed by atoms with Crippen molar-refractivity contribution < 1.29 is 9.59 Å². The van der Waals surface area contributed by atoms with Crippen molar-refractivity contribution in [1.82, 2.24) is 4.90 Å². The van der Waals surface area contributed by atoms with Gasteiger partial charge in [0, 0.05) is 53.4 Å². The van der Waals surface area contributed by atoms with Crippen LogP contribution in [0.25, 0.3) is 0 Å². The number of benzene rings is 4.